The lowest BCUT2D eigenvalue weighted by atomic mass is 10.1. The van der Waals surface area contributed by atoms with Crippen molar-refractivity contribution in [2.24, 2.45) is 7.05 Å². The van der Waals surface area contributed by atoms with Crippen LogP contribution in [-0.4, -0.2) is 68.5 Å². The van der Waals surface area contributed by atoms with Gasteiger partial charge in [-0.05, 0) is 32.2 Å². The number of likely N-dealkylation sites (N-methyl/N-ethyl adjacent to an activating group) is 1. The normalized spacial score (nSPS) is 14.3. The van der Waals surface area contributed by atoms with E-state index in [-0.39, 0.29) is 30.0 Å². The zero-order chi connectivity index (χ0) is 21.3. The molecule has 0 atom stereocenters. The molecule has 0 spiro atoms. The van der Waals surface area contributed by atoms with E-state index < -0.39 is 5.82 Å². The number of aryl methyl sites for hydroxylation is 1. The standard InChI is InChI=1S/C21H24FN7O.ClH/c1-14-23-13-18(28(14)3)19-17(22)12-24-21(26-19)25-16-6-4-5-15(11-16)20(30)29-9-7-27(2)8-10-29;/h4-6,11-13H,7-10H2,1-3H3,(H,24,25,26);1H. The average molecular weight is 446 g/mol. The Hall–Kier alpha value is -3.04. The zero-order valence-corrected chi connectivity index (χ0v) is 18.5. The van der Waals surface area contributed by atoms with E-state index in [2.05, 4.69) is 32.2 Å². The number of piperazine rings is 1. The third-order valence-corrected chi connectivity index (χ3v) is 5.36. The van der Waals surface area contributed by atoms with E-state index in [1.807, 2.05) is 17.9 Å². The molecular weight excluding hydrogens is 421 g/mol. The molecule has 0 bridgehead atoms. The summed E-state index contributed by atoms with van der Waals surface area (Å²) in [7, 11) is 3.86. The minimum absolute atomic E-state index is 0. The average Bonchev–Trinajstić information content (AvgIpc) is 3.08. The monoisotopic (exact) mass is 445 g/mol. The fourth-order valence-corrected chi connectivity index (χ4v) is 3.38. The van der Waals surface area contributed by atoms with Gasteiger partial charge in [-0.2, -0.15) is 0 Å². The van der Waals surface area contributed by atoms with Crippen LogP contribution in [0.4, 0.5) is 16.0 Å². The molecule has 3 heterocycles. The lowest BCUT2D eigenvalue weighted by molar-refractivity contribution is 0.0664. The number of carbonyl (C=O) groups excluding carboxylic acids is 1. The van der Waals surface area contributed by atoms with Crippen molar-refractivity contribution < 1.29 is 9.18 Å². The molecule has 1 aliphatic heterocycles. The summed E-state index contributed by atoms with van der Waals surface area (Å²) >= 11 is 0. The fourth-order valence-electron chi connectivity index (χ4n) is 3.38. The molecule has 10 heteroatoms. The van der Waals surface area contributed by atoms with Crippen LogP contribution < -0.4 is 5.32 Å². The van der Waals surface area contributed by atoms with Crippen LogP contribution >= 0.6 is 12.4 Å². The van der Waals surface area contributed by atoms with E-state index in [1.54, 1.807) is 36.0 Å². The van der Waals surface area contributed by atoms with Crippen molar-refractivity contribution in [2.75, 3.05) is 38.5 Å². The van der Waals surface area contributed by atoms with Crippen molar-refractivity contribution in [3.63, 3.8) is 0 Å². The Morgan fingerprint density at radius 1 is 1.10 bits per heavy atom. The summed E-state index contributed by atoms with van der Waals surface area (Å²) in [5.41, 5.74) is 1.98. The first-order valence-corrected chi connectivity index (χ1v) is 9.78. The molecular formula is C21H25ClFN7O. The van der Waals surface area contributed by atoms with Crippen molar-refractivity contribution >= 4 is 29.9 Å². The molecule has 31 heavy (non-hydrogen) atoms. The Morgan fingerprint density at radius 2 is 1.84 bits per heavy atom. The van der Waals surface area contributed by atoms with Crippen LogP contribution in [0.1, 0.15) is 16.2 Å². The van der Waals surface area contributed by atoms with Crippen molar-refractivity contribution in [1.29, 1.82) is 0 Å². The highest BCUT2D eigenvalue weighted by Crippen LogP contribution is 2.23. The second-order valence-corrected chi connectivity index (χ2v) is 7.44. The number of halogens is 2. The van der Waals surface area contributed by atoms with Crippen LogP contribution in [0.3, 0.4) is 0 Å². The van der Waals surface area contributed by atoms with Crippen LogP contribution in [0.15, 0.2) is 36.7 Å². The summed E-state index contributed by atoms with van der Waals surface area (Å²) in [5.74, 6) is 0.474. The van der Waals surface area contributed by atoms with Gasteiger partial charge in [-0.15, -0.1) is 12.4 Å². The number of amides is 1. The van der Waals surface area contributed by atoms with Crippen LogP contribution in [0.25, 0.3) is 11.4 Å². The van der Waals surface area contributed by atoms with E-state index >= 15 is 0 Å². The number of imidazole rings is 1. The molecule has 3 aromatic rings. The number of carbonyl (C=O) groups is 1. The Balaban J connectivity index is 0.00000272. The third-order valence-electron chi connectivity index (χ3n) is 5.36. The summed E-state index contributed by atoms with van der Waals surface area (Å²) in [5, 5.41) is 3.08. The van der Waals surface area contributed by atoms with Crippen LogP contribution in [0, 0.1) is 12.7 Å². The maximum atomic E-state index is 14.3. The van der Waals surface area contributed by atoms with E-state index in [0.717, 1.165) is 25.1 Å². The molecule has 164 valence electrons. The maximum absolute atomic E-state index is 14.3. The number of aromatic nitrogens is 4. The first-order chi connectivity index (χ1) is 14.4. The summed E-state index contributed by atoms with van der Waals surface area (Å²) in [6.45, 7) is 4.99. The molecule has 1 N–H and O–H groups in total. The van der Waals surface area contributed by atoms with Gasteiger partial charge in [-0.3, -0.25) is 4.79 Å². The van der Waals surface area contributed by atoms with E-state index in [9.17, 15) is 9.18 Å². The first-order valence-electron chi connectivity index (χ1n) is 9.78. The zero-order valence-electron chi connectivity index (χ0n) is 17.7. The number of anilines is 2. The van der Waals surface area contributed by atoms with Gasteiger partial charge < -0.3 is 19.7 Å². The van der Waals surface area contributed by atoms with Crippen LogP contribution in [0.5, 0.6) is 0 Å². The maximum Gasteiger partial charge on any atom is 0.254 e. The van der Waals surface area contributed by atoms with Gasteiger partial charge in [0.2, 0.25) is 5.95 Å². The van der Waals surface area contributed by atoms with Gasteiger partial charge in [0.15, 0.2) is 5.82 Å². The van der Waals surface area contributed by atoms with Crippen molar-refractivity contribution in [3.05, 3.63) is 53.9 Å². The Kier molecular flexibility index (Phi) is 6.87. The molecule has 0 radical (unpaired) electrons. The summed E-state index contributed by atoms with van der Waals surface area (Å²) in [4.78, 5) is 29.4. The smallest absolute Gasteiger partial charge is 0.254 e. The lowest BCUT2D eigenvalue weighted by Crippen LogP contribution is -2.47. The number of hydrogen-bond acceptors (Lipinski definition) is 6. The second-order valence-electron chi connectivity index (χ2n) is 7.44. The number of hydrogen-bond donors (Lipinski definition) is 1. The predicted octanol–water partition coefficient (Wildman–Crippen LogP) is 2.88. The minimum Gasteiger partial charge on any atom is -0.336 e. The van der Waals surface area contributed by atoms with Gasteiger partial charge in [0.25, 0.3) is 5.91 Å². The molecule has 1 aromatic carbocycles. The lowest BCUT2D eigenvalue weighted by Gasteiger charge is -2.32. The molecule has 8 nitrogen and oxygen atoms in total. The van der Waals surface area contributed by atoms with Crippen LogP contribution in [0.2, 0.25) is 0 Å². The van der Waals surface area contributed by atoms with E-state index in [1.165, 1.54) is 0 Å². The van der Waals surface area contributed by atoms with Crippen molar-refractivity contribution in [2.45, 2.75) is 6.92 Å². The molecule has 2 aromatic heterocycles. The van der Waals surface area contributed by atoms with Gasteiger partial charge in [0.05, 0.1) is 18.1 Å². The number of nitrogens with zero attached hydrogens (tertiary/aromatic N) is 6. The minimum atomic E-state index is -0.525. The molecule has 4 rings (SSSR count). The largest absolute Gasteiger partial charge is 0.336 e. The van der Waals surface area contributed by atoms with Crippen LogP contribution in [-0.2, 0) is 7.05 Å². The Morgan fingerprint density at radius 3 is 2.52 bits per heavy atom. The van der Waals surface area contributed by atoms with Crippen molar-refractivity contribution in [3.8, 4) is 11.4 Å². The summed E-state index contributed by atoms with van der Waals surface area (Å²) < 4.78 is 16.1. The quantitative estimate of drug-likeness (QED) is 0.665. The Bertz CT molecular complexity index is 1080. The summed E-state index contributed by atoms with van der Waals surface area (Å²) in [6, 6.07) is 7.18. The molecule has 1 saturated heterocycles. The predicted molar refractivity (Wildman–Crippen MR) is 119 cm³/mol. The number of nitrogens with one attached hydrogen (secondary N) is 1. The molecule has 1 aliphatic rings. The third kappa shape index (κ3) is 4.83. The number of rotatable bonds is 4. The van der Waals surface area contributed by atoms with E-state index in [0.29, 0.717) is 30.0 Å². The van der Waals surface area contributed by atoms with Gasteiger partial charge in [-0.1, -0.05) is 6.07 Å². The highest BCUT2D eigenvalue weighted by molar-refractivity contribution is 5.95. The molecule has 1 fully saturated rings. The highest BCUT2D eigenvalue weighted by Gasteiger charge is 2.20. The van der Waals surface area contributed by atoms with Crippen molar-refractivity contribution in [1.82, 2.24) is 29.3 Å². The second kappa shape index (κ2) is 9.40. The molecule has 0 aliphatic carbocycles. The van der Waals surface area contributed by atoms with Gasteiger partial charge in [0, 0.05) is 44.5 Å². The highest BCUT2D eigenvalue weighted by atomic mass is 35.5. The van der Waals surface area contributed by atoms with Gasteiger partial charge >= 0.3 is 0 Å². The van der Waals surface area contributed by atoms with Gasteiger partial charge in [-0.25, -0.2) is 19.3 Å². The Labute approximate surface area is 186 Å². The topological polar surface area (TPSA) is 79.2 Å². The first kappa shape index (κ1) is 22.6. The molecule has 1 amide bonds. The van der Waals surface area contributed by atoms with E-state index in [4.69, 9.17) is 0 Å². The van der Waals surface area contributed by atoms with Gasteiger partial charge in [0.1, 0.15) is 11.5 Å². The fraction of sp³-hybridized carbons (Fsp3) is 0.333. The molecule has 0 unspecified atom stereocenters. The SMILES string of the molecule is Cc1ncc(-c2nc(Nc3cccc(C(=O)N4CCN(C)CC4)c3)ncc2F)n1C.Cl. The molecule has 0 saturated carbocycles. The summed E-state index contributed by atoms with van der Waals surface area (Å²) in [6.07, 6.45) is 2.71. The number of benzene rings is 1.